The summed E-state index contributed by atoms with van der Waals surface area (Å²) in [7, 11) is 0. The highest BCUT2D eigenvalue weighted by molar-refractivity contribution is 5.98. The van der Waals surface area contributed by atoms with Crippen LogP contribution in [0.2, 0.25) is 0 Å². The first-order valence-corrected chi connectivity index (χ1v) is 9.26. The predicted octanol–water partition coefficient (Wildman–Crippen LogP) is 2.67. The molecule has 2 aliphatic rings. The SMILES string of the molecule is O=C(NC1CC2CCN(C2)C1)c1ncc(-c2ccccc2NC(=O)C(F)(F)F)o1. The number of hydrogen-bond acceptors (Lipinski definition) is 5. The molecule has 1 aromatic carbocycles. The number of piperidine rings is 1. The van der Waals surface area contributed by atoms with Gasteiger partial charge < -0.3 is 20.0 Å². The molecule has 2 saturated heterocycles. The fraction of sp³-hybridized carbons (Fsp3) is 0.421. The van der Waals surface area contributed by atoms with Gasteiger partial charge >= 0.3 is 18.0 Å². The minimum Gasteiger partial charge on any atom is -0.432 e. The quantitative estimate of drug-likeness (QED) is 0.812. The number of oxazole rings is 1. The molecule has 2 aliphatic heterocycles. The second-order valence-electron chi connectivity index (χ2n) is 7.35. The van der Waals surface area contributed by atoms with Gasteiger partial charge in [0.1, 0.15) is 0 Å². The number of nitrogens with zero attached hydrogens (tertiary/aromatic N) is 2. The Morgan fingerprint density at radius 2 is 2.00 bits per heavy atom. The van der Waals surface area contributed by atoms with Gasteiger partial charge in [0.05, 0.1) is 11.9 Å². The molecule has 0 saturated carbocycles. The van der Waals surface area contributed by atoms with Crippen LogP contribution in [0, 0.1) is 5.92 Å². The average Bonchev–Trinajstić information content (AvgIpc) is 3.28. The molecular weight excluding hydrogens is 389 g/mol. The lowest BCUT2D eigenvalue weighted by Crippen LogP contribution is -2.47. The summed E-state index contributed by atoms with van der Waals surface area (Å²) in [5.41, 5.74) is 0.105. The molecule has 3 heterocycles. The number of anilines is 1. The van der Waals surface area contributed by atoms with E-state index in [1.54, 1.807) is 6.07 Å². The number of hydrogen-bond donors (Lipinski definition) is 2. The first-order chi connectivity index (χ1) is 13.8. The van der Waals surface area contributed by atoms with E-state index in [0.29, 0.717) is 5.92 Å². The summed E-state index contributed by atoms with van der Waals surface area (Å²) < 4.78 is 43.2. The monoisotopic (exact) mass is 408 g/mol. The number of carbonyl (C=O) groups excluding carboxylic acids is 2. The minimum absolute atomic E-state index is 0.0115. The van der Waals surface area contributed by atoms with Crippen LogP contribution in [0.5, 0.6) is 0 Å². The Morgan fingerprint density at radius 1 is 1.21 bits per heavy atom. The smallest absolute Gasteiger partial charge is 0.432 e. The first kappa shape index (κ1) is 19.4. The van der Waals surface area contributed by atoms with Gasteiger partial charge in [-0.2, -0.15) is 13.2 Å². The van der Waals surface area contributed by atoms with Crippen LogP contribution in [0.3, 0.4) is 0 Å². The molecule has 2 aromatic rings. The molecule has 29 heavy (non-hydrogen) atoms. The maximum absolute atomic E-state index is 12.6. The summed E-state index contributed by atoms with van der Waals surface area (Å²) >= 11 is 0. The molecule has 10 heteroatoms. The molecule has 2 N–H and O–H groups in total. The second kappa shape index (κ2) is 7.51. The van der Waals surface area contributed by atoms with E-state index in [-0.39, 0.29) is 28.9 Å². The molecule has 3 unspecified atom stereocenters. The van der Waals surface area contributed by atoms with Crippen LogP contribution in [0.1, 0.15) is 23.5 Å². The van der Waals surface area contributed by atoms with Crippen molar-refractivity contribution in [1.82, 2.24) is 15.2 Å². The van der Waals surface area contributed by atoms with Crippen LogP contribution in [0.4, 0.5) is 18.9 Å². The van der Waals surface area contributed by atoms with Crippen LogP contribution in [-0.4, -0.2) is 53.6 Å². The van der Waals surface area contributed by atoms with Crippen molar-refractivity contribution >= 4 is 17.5 Å². The van der Waals surface area contributed by atoms with E-state index in [2.05, 4.69) is 15.2 Å². The molecule has 154 valence electrons. The van der Waals surface area contributed by atoms with E-state index in [4.69, 9.17) is 4.42 Å². The summed E-state index contributed by atoms with van der Waals surface area (Å²) in [4.78, 5) is 30.0. The Bertz CT molecular complexity index is 915. The van der Waals surface area contributed by atoms with Gasteiger partial charge in [-0.1, -0.05) is 12.1 Å². The predicted molar refractivity (Wildman–Crippen MR) is 97.0 cm³/mol. The third-order valence-electron chi connectivity index (χ3n) is 5.20. The fourth-order valence-corrected chi connectivity index (χ4v) is 3.92. The summed E-state index contributed by atoms with van der Waals surface area (Å²) in [5, 5.41) is 4.72. The van der Waals surface area contributed by atoms with Crippen molar-refractivity contribution in [1.29, 1.82) is 0 Å². The molecule has 0 aliphatic carbocycles. The van der Waals surface area contributed by atoms with E-state index >= 15 is 0 Å². The van der Waals surface area contributed by atoms with Crippen LogP contribution in [0.15, 0.2) is 34.9 Å². The number of benzene rings is 1. The Kier molecular flexibility index (Phi) is 5.03. The fourth-order valence-electron chi connectivity index (χ4n) is 3.92. The zero-order valence-corrected chi connectivity index (χ0v) is 15.3. The summed E-state index contributed by atoms with van der Waals surface area (Å²) in [6.45, 7) is 2.89. The first-order valence-electron chi connectivity index (χ1n) is 9.26. The van der Waals surface area contributed by atoms with Gasteiger partial charge in [0.25, 0.3) is 5.89 Å². The maximum atomic E-state index is 12.6. The van der Waals surface area contributed by atoms with Crippen LogP contribution in [0.25, 0.3) is 11.3 Å². The number of amides is 2. The molecule has 2 bridgehead atoms. The normalized spacial score (nSPS) is 23.6. The molecule has 2 fully saturated rings. The third kappa shape index (κ3) is 4.26. The van der Waals surface area contributed by atoms with Crippen molar-refractivity contribution < 1.29 is 27.2 Å². The Balaban J connectivity index is 1.48. The zero-order chi connectivity index (χ0) is 20.6. The van der Waals surface area contributed by atoms with Gasteiger partial charge in [0, 0.05) is 24.7 Å². The molecule has 0 spiro atoms. The lowest BCUT2D eigenvalue weighted by atomic mass is 9.97. The van der Waals surface area contributed by atoms with Crippen LogP contribution >= 0.6 is 0 Å². The lowest BCUT2D eigenvalue weighted by molar-refractivity contribution is -0.167. The highest BCUT2D eigenvalue weighted by Crippen LogP contribution is 2.30. The standard InChI is InChI=1S/C19H19F3N4O3/c20-19(21,22)18(28)25-14-4-2-1-3-13(14)15-8-23-17(29-15)16(27)24-12-7-11-5-6-26(9-11)10-12/h1-4,8,11-12H,5-7,9-10H2,(H,24,27)(H,25,28). The van der Waals surface area contributed by atoms with Crippen LogP contribution < -0.4 is 10.6 Å². The van der Waals surface area contributed by atoms with E-state index in [9.17, 15) is 22.8 Å². The van der Waals surface area contributed by atoms with Crippen molar-refractivity contribution in [3.8, 4) is 11.3 Å². The Morgan fingerprint density at radius 3 is 2.76 bits per heavy atom. The summed E-state index contributed by atoms with van der Waals surface area (Å²) in [5.74, 6) is -2.08. The number of para-hydroxylation sites is 1. The molecule has 3 atom stereocenters. The lowest BCUT2D eigenvalue weighted by Gasteiger charge is -2.30. The molecular formula is C19H19F3N4O3. The zero-order valence-electron chi connectivity index (χ0n) is 15.3. The number of fused-ring (bicyclic) bond motifs is 2. The van der Waals surface area contributed by atoms with E-state index < -0.39 is 18.0 Å². The third-order valence-corrected chi connectivity index (χ3v) is 5.20. The highest BCUT2D eigenvalue weighted by Gasteiger charge is 2.39. The molecule has 0 radical (unpaired) electrons. The summed E-state index contributed by atoms with van der Waals surface area (Å²) in [6.07, 6.45) is -1.73. The Hall–Kier alpha value is -2.88. The van der Waals surface area contributed by atoms with Gasteiger partial charge in [0.2, 0.25) is 0 Å². The van der Waals surface area contributed by atoms with E-state index in [0.717, 1.165) is 32.5 Å². The number of alkyl halides is 3. The van der Waals surface area contributed by atoms with Gasteiger partial charge in [-0.05, 0) is 37.4 Å². The second-order valence-corrected chi connectivity index (χ2v) is 7.35. The largest absolute Gasteiger partial charge is 0.471 e. The van der Waals surface area contributed by atoms with E-state index in [1.165, 1.54) is 24.4 Å². The molecule has 2 amide bonds. The number of carbonyl (C=O) groups is 2. The van der Waals surface area contributed by atoms with Crippen molar-refractivity contribution in [3.05, 3.63) is 36.4 Å². The average molecular weight is 408 g/mol. The minimum atomic E-state index is -5.02. The number of rotatable bonds is 4. The molecule has 4 rings (SSSR count). The van der Waals surface area contributed by atoms with Gasteiger partial charge in [-0.25, -0.2) is 4.98 Å². The Labute approximate surface area is 164 Å². The highest BCUT2D eigenvalue weighted by atomic mass is 19.4. The number of aromatic nitrogens is 1. The van der Waals surface area contributed by atoms with Gasteiger partial charge in [-0.15, -0.1) is 0 Å². The number of nitrogens with one attached hydrogen (secondary N) is 2. The van der Waals surface area contributed by atoms with Crippen molar-refractivity contribution in [2.75, 3.05) is 25.0 Å². The van der Waals surface area contributed by atoms with Crippen LogP contribution in [-0.2, 0) is 4.79 Å². The summed E-state index contributed by atoms with van der Waals surface area (Å²) in [6, 6.07) is 5.85. The van der Waals surface area contributed by atoms with Gasteiger partial charge in [0.15, 0.2) is 5.76 Å². The maximum Gasteiger partial charge on any atom is 0.471 e. The van der Waals surface area contributed by atoms with Gasteiger partial charge in [-0.3, -0.25) is 9.59 Å². The van der Waals surface area contributed by atoms with Crippen molar-refractivity contribution in [3.63, 3.8) is 0 Å². The molecule has 1 aromatic heterocycles. The van der Waals surface area contributed by atoms with Crippen molar-refractivity contribution in [2.24, 2.45) is 5.92 Å². The molecule has 7 nitrogen and oxygen atoms in total. The van der Waals surface area contributed by atoms with Crippen molar-refractivity contribution in [2.45, 2.75) is 25.1 Å². The number of halogens is 3. The van der Waals surface area contributed by atoms with E-state index in [1.807, 2.05) is 5.32 Å². The topological polar surface area (TPSA) is 87.5 Å².